The molecule has 0 atom stereocenters. The van der Waals surface area contributed by atoms with Gasteiger partial charge in [0.1, 0.15) is 5.82 Å². The summed E-state index contributed by atoms with van der Waals surface area (Å²) in [5, 5.41) is 9.93. The van der Waals surface area contributed by atoms with E-state index in [0.29, 0.717) is 22.7 Å². The maximum absolute atomic E-state index is 13.4. The first-order chi connectivity index (χ1) is 13.7. The van der Waals surface area contributed by atoms with E-state index in [1.165, 1.54) is 43.2 Å². The van der Waals surface area contributed by atoms with Crippen molar-refractivity contribution in [3.05, 3.63) is 48.2 Å². The Morgan fingerprint density at radius 1 is 1.07 bits per heavy atom. The summed E-state index contributed by atoms with van der Waals surface area (Å²) >= 11 is 1.30. The maximum atomic E-state index is 13.4. The molecule has 7 nitrogen and oxygen atoms in total. The lowest BCUT2D eigenvalue weighted by Crippen LogP contribution is -2.30. The van der Waals surface area contributed by atoms with Crippen LogP contribution in [0.1, 0.15) is 25.1 Å². The Morgan fingerprint density at radius 2 is 1.86 bits per heavy atom. The van der Waals surface area contributed by atoms with Crippen LogP contribution in [0.15, 0.2) is 46.8 Å². The van der Waals surface area contributed by atoms with Crippen molar-refractivity contribution in [3.63, 3.8) is 0 Å². The molecule has 4 rings (SSSR count). The number of likely N-dealkylation sites (tertiary alicyclic amines) is 1. The van der Waals surface area contributed by atoms with E-state index < -0.39 is 0 Å². The van der Waals surface area contributed by atoms with Gasteiger partial charge in [-0.2, -0.15) is 4.98 Å². The van der Waals surface area contributed by atoms with E-state index in [9.17, 15) is 4.39 Å². The van der Waals surface area contributed by atoms with Crippen molar-refractivity contribution in [1.82, 2.24) is 29.6 Å². The van der Waals surface area contributed by atoms with E-state index in [-0.39, 0.29) is 5.82 Å². The van der Waals surface area contributed by atoms with E-state index in [1.54, 1.807) is 31.5 Å². The van der Waals surface area contributed by atoms with Gasteiger partial charge in [0, 0.05) is 18.0 Å². The molecule has 0 unspecified atom stereocenters. The second-order valence-corrected chi connectivity index (χ2v) is 7.47. The van der Waals surface area contributed by atoms with E-state index >= 15 is 0 Å². The molecule has 0 N–H and O–H groups in total. The molecule has 0 bridgehead atoms. The minimum absolute atomic E-state index is 0.278. The van der Waals surface area contributed by atoms with Crippen molar-refractivity contribution in [2.75, 3.05) is 20.2 Å². The van der Waals surface area contributed by atoms with Crippen LogP contribution >= 0.6 is 11.8 Å². The van der Waals surface area contributed by atoms with Crippen LogP contribution in [0, 0.1) is 5.82 Å². The second-order valence-electron chi connectivity index (χ2n) is 6.53. The first-order valence-corrected chi connectivity index (χ1v) is 10.0. The van der Waals surface area contributed by atoms with E-state index in [1.807, 2.05) is 4.57 Å². The summed E-state index contributed by atoms with van der Waals surface area (Å²) < 4.78 is 20.6. The lowest BCUT2D eigenvalue weighted by molar-refractivity contribution is 0.214. The first kappa shape index (κ1) is 18.8. The number of aromatic nitrogens is 5. The lowest BCUT2D eigenvalue weighted by Gasteiger charge is -2.26. The fraction of sp³-hybridized carbons (Fsp3) is 0.368. The Hall–Kier alpha value is -2.52. The largest absolute Gasteiger partial charge is 0.481 e. The van der Waals surface area contributed by atoms with Gasteiger partial charge >= 0.3 is 0 Å². The third-order valence-electron chi connectivity index (χ3n) is 4.60. The van der Waals surface area contributed by atoms with Gasteiger partial charge in [-0.3, -0.25) is 9.47 Å². The molecule has 2 aromatic heterocycles. The van der Waals surface area contributed by atoms with Crippen LogP contribution in [0.5, 0.6) is 5.88 Å². The third kappa shape index (κ3) is 4.31. The van der Waals surface area contributed by atoms with Crippen LogP contribution in [-0.4, -0.2) is 49.8 Å². The second kappa shape index (κ2) is 8.66. The van der Waals surface area contributed by atoms with Crippen LogP contribution in [0.25, 0.3) is 5.69 Å². The number of rotatable bonds is 6. The smallest absolute Gasteiger partial charge is 0.217 e. The van der Waals surface area contributed by atoms with Gasteiger partial charge in [0.25, 0.3) is 0 Å². The molecule has 0 spiro atoms. The number of nitrogens with zero attached hydrogens (tertiary/aromatic N) is 6. The Labute approximate surface area is 167 Å². The van der Waals surface area contributed by atoms with Gasteiger partial charge in [-0.25, -0.2) is 9.37 Å². The number of benzene rings is 1. The summed E-state index contributed by atoms with van der Waals surface area (Å²) in [6.07, 6.45) is 5.31. The molecule has 0 saturated carbocycles. The summed E-state index contributed by atoms with van der Waals surface area (Å²) in [5.74, 6) is 1.03. The highest BCUT2D eigenvalue weighted by atomic mass is 32.2. The molecule has 0 aliphatic carbocycles. The van der Waals surface area contributed by atoms with Gasteiger partial charge in [-0.05, 0) is 62.0 Å². The summed E-state index contributed by atoms with van der Waals surface area (Å²) in [6, 6.07) is 8.04. The molecular weight excluding hydrogens is 379 g/mol. The number of hydrogen-bond acceptors (Lipinski definition) is 7. The number of methoxy groups -OCH3 is 1. The molecule has 3 aromatic rings. The van der Waals surface area contributed by atoms with Gasteiger partial charge in [0.2, 0.25) is 11.0 Å². The molecule has 1 aliphatic rings. The Bertz CT molecular complexity index is 926. The standard InChI is InChI=1S/C19H21FN6OS/c1-27-17-9-10-21-18(22-17)28-19-24-23-16(13-25-11-3-2-4-12-25)26(19)15-7-5-14(20)6-8-15/h5-10H,2-4,11-13H2,1H3. The van der Waals surface area contributed by atoms with Crippen LogP contribution in [0.3, 0.4) is 0 Å². The highest BCUT2D eigenvalue weighted by Crippen LogP contribution is 2.28. The van der Waals surface area contributed by atoms with Crippen LogP contribution in [0.2, 0.25) is 0 Å². The van der Waals surface area contributed by atoms with Crippen molar-refractivity contribution < 1.29 is 9.13 Å². The molecule has 9 heteroatoms. The zero-order valence-corrected chi connectivity index (χ0v) is 16.4. The molecule has 1 aromatic carbocycles. The number of ether oxygens (including phenoxy) is 1. The predicted octanol–water partition coefficient (Wildman–Crippen LogP) is 3.34. The van der Waals surface area contributed by atoms with Crippen molar-refractivity contribution >= 4 is 11.8 Å². The van der Waals surface area contributed by atoms with Crippen molar-refractivity contribution in [2.24, 2.45) is 0 Å². The molecule has 1 aliphatic heterocycles. The molecule has 1 fully saturated rings. The van der Waals surface area contributed by atoms with Gasteiger partial charge in [-0.15, -0.1) is 10.2 Å². The van der Waals surface area contributed by atoms with Crippen molar-refractivity contribution in [1.29, 1.82) is 0 Å². The van der Waals surface area contributed by atoms with Gasteiger partial charge in [-0.1, -0.05) is 6.42 Å². The normalized spacial score (nSPS) is 14.9. The Morgan fingerprint density at radius 3 is 2.61 bits per heavy atom. The summed E-state index contributed by atoms with van der Waals surface area (Å²) in [6.45, 7) is 2.80. The zero-order chi connectivity index (χ0) is 19.3. The molecular formula is C19H21FN6OS. The number of piperidine rings is 1. The predicted molar refractivity (Wildman–Crippen MR) is 103 cm³/mol. The van der Waals surface area contributed by atoms with Gasteiger partial charge < -0.3 is 4.74 Å². The Kier molecular flexibility index (Phi) is 5.82. The number of halogens is 1. The van der Waals surface area contributed by atoms with Crippen molar-refractivity contribution in [3.8, 4) is 11.6 Å². The Balaban J connectivity index is 1.67. The maximum Gasteiger partial charge on any atom is 0.217 e. The highest BCUT2D eigenvalue weighted by molar-refractivity contribution is 7.99. The summed E-state index contributed by atoms with van der Waals surface area (Å²) in [7, 11) is 1.56. The minimum Gasteiger partial charge on any atom is -0.481 e. The van der Waals surface area contributed by atoms with Crippen LogP contribution in [-0.2, 0) is 6.54 Å². The fourth-order valence-corrected chi connectivity index (χ4v) is 4.00. The molecule has 0 amide bonds. The van der Waals surface area contributed by atoms with Crippen molar-refractivity contribution in [2.45, 2.75) is 36.1 Å². The van der Waals surface area contributed by atoms with E-state index in [0.717, 1.165) is 24.6 Å². The topological polar surface area (TPSA) is 69.0 Å². The lowest BCUT2D eigenvalue weighted by atomic mass is 10.1. The van der Waals surface area contributed by atoms with Gasteiger partial charge in [0.15, 0.2) is 11.0 Å². The van der Waals surface area contributed by atoms with E-state index in [2.05, 4.69) is 25.1 Å². The molecule has 1 saturated heterocycles. The third-order valence-corrected chi connectivity index (χ3v) is 5.42. The molecule has 28 heavy (non-hydrogen) atoms. The fourth-order valence-electron chi connectivity index (χ4n) is 3.21. The number of hydrogen-bond donors (Lipinski definition) is 0. The molecule has 3 heterocycles. The minimum atomic E-state index is -0.278. The average molecular weight is 400 g/mol. The first-order valence-electron chi connectivity index (χ1n) is 9.20. The van der Waals surface area contributed by atoms with Crippen LogP contribution < -0.4 is 4.74 Å². The highest BCUT2D eigenvalue weighted by Gasteiger charge is 2.20. The molecule has 0 radical (unpaired) electrons. The van der Waals surface area contributed by atoms with Crippen LogP contribution in [0.4, 0.5) is 4.39 Å². The zero-order valence-electron chi connectivity index (χ0n) is 15.6. The quantitative estimate of drug-likeness (QED) is 0.588. The average Bonchev–Trinajstić information content (AvgIpc) is 3.11. The van der Waals surface area contributed by atoms with Gasteiger partial charge in [0.05, 0.1) is 13.7 Å². The SMILES string of the molecule is COc1ccnc(Sc2nnc(CN3CCCCC3)n2-c2ccc(F)cc2)n1. The summed E-state index contributed by atoms with van der Waals surface area (Å²) in [4.78, 5) is 11.0. The molecule has 146 valence electrons. The monoisotopic (exact) mass is 400 g/mol. The van der Waals surface area contributed by atoms with E-state index in [4.69, 9.17) is 4.74 Å². The summed E-state index contributed by atoms with van der Waals surface area (Å²) in [5.41, 5.74) is 0.809.